The summed E-state index contributed by atoms with van der Waals surface area (Å²) >= 11 is 4.99. The standard InChI is InChI=1S/C25H30BrN7O5S/c1-36-20(34)5-2-7-28-25(35)32-8-3-4-15(12-32)6-9-33-13-29-22(27)21-23(33)31-24(30-21)39-19-11-18-17(10-16(19)26)37-14-38-18/h10-11,13,15H,2-9,12,14,27H2,1H3,(H,28,35). The largest absolute Gasteiger partial charge is 0.469 e. The number of carbonyl (C=O) groups excluding carboxylic acids is 2. The second-order valence-corrected chi connectivity index (χ2v) is 11.3. The fraction of sp³-hybridized carbons (Fsp3) is 0.480. The van der Waals surface area contributed by atoms with Crippen LogP contribution in [0.4, 0.5) is 10.6 Å². The number of fused-ring (bicyclic) bond motifs is 2. The van der Waals surface area contributed by atoms with Gasteiger partial charge in [-0.25, -0.2) is 19.7 Å². The van der Waals surface area contributed by atoms with Crippen molar-refractivity contribution in [1.82, 2.24) is 29.7 Å². The first kappa shape index (κ1) is 27.3. The Morgan fingerprint density at radius 2 is 2.10 bits per heavy atom. The number of nitrogens with two attached hydrogens (primary N) is 1. The summed E-state index contributed by atoms with van der Waals surface area (Å²) in [6.45, 7) is 2.74. The quantitative estimate of drug-likeness (QED) is 0.268. The summed E-state index contributed by atoms with van der Waals surface area (Å²) in [4.78, 5) is 40.4. The van der Waals surface area contributed by atoms with E-state index in [0.29, 0.717) is 72.4 Å². The Hall–Kier alpha value is -3.26. The molecule has 0 spiro atoms. The number of urea groups is 1. The van der Waals surface area contributed by atoms with Crippen LogP contribution in [0.3, 0.4) is 0 Å². The highest BCUT2D eigenvalue weighted by molar-refractivity contribution is 9.10. The molecule has 0 aliphatic carbocycles. The molecule has 1 saturated heterocycles. The lowest BCUT2D eigenvalue weighted by atomic mass is 9.95. The van der Waals surface area contributed by atoms with E-state index in [1.165, 1.54) is 18.9 Å². The minimum absolute atomic E-state index is 0.0907. The molecule has 1 aromatic carbocycles. The van der Waals surface area contributed by atoms with E-state index in [-0.39, 0.29) is 18.8 Å². The molecule has 0 saturated carbocycles. The van der Waals surface area contributed by atoms with Crippen molar-refractivity contribution in [3.8, 4) is 23.0 Å². The molecule has 12 nitrogen and oxygen atoms in total. The van der Waals surface area contributed by atoms with Gasteiger partial charge in [-0.3, -0.25) is 4.79 Å². The number of aromatic nitrogens is 4. The molecule has 208 valence electrons. The van der Waals surface area contributed by atoms with Gasteiger partial charge in [0.15, 0.2) is 34.0 Å². The summed E-state index contributed by atoms with van der Waals surface area (Å²) < 4.78 is 18.4. The molecule has 1 unspecified atom stereocenters. The number of anilines is 1. The number of ether oxygens (including phenoxy) is 3. The van der Waals surface area contributed by atoms with Crippen LogP contribution in [-0.4, -0.2) is 70.0 Å². The second kappa shape index (κ2) is 12.3. The van der Waals surface area contributed by atoms with Gasteiger partial charge in [0, 0.05) is 42.0 Å². The Morgan fingerprint density at radius 1 is 1.28 bits per heavy atom. The van der Waals surface area contributed by atoms with Crippen LogP contribution >= 0.6 is 27.7 Å². The number of esters is 1. The van der Waals surface area contributed by atoms with Crippen LogP contribution in [-0.2, 0) is 16.1 Å². The molecular formula is C25H30BrN7O5S. The van der Waals surface area contributed by atoms with Gasteiger partial charge in [0.1, 0.15) is 0 Å². The van der Waals surface area contributed by atoms with E-state index in [1.54, 1.807) is 6.33 Å². The van der Waals surface area contributed by atoms with Crippen LogP contribution in [0, 0.1) is 5.92 Å². The van der Waals surface area contributed by atoms with E-state index < -0.39 is 0 Å². The highest BCUT2D eigenvalue weighted by Gasteiger charge is 2.25. The fourth-order valence-corrected chi connectivity index (χ4v) is 6.02. The molecule has 5 rings (SSSR count). The Bertz CT molecular complexity index is 1320. The Labute approximate surface area is 238 Å². The zero-order valence-electron chi connectivity index (χ0n) is 21.5. The lowest BCUT2D eigenvalue weighted by Gasteiger charge is -2.33. The van der Waals surface area contributed by atoms with Gasteiger partial charge in [-0.2, -0.15) is 0 Å². The highest BCUT2D eigenvalue weighted by atomic mass is 79.9. The zero-order chi connectivity index (χ0) is 27.4. The first-order valence-electron chi connectivity index (χ1n) is 12.8. The van der Waals surface area contributed by atoms with Crippen LogP contribution < -0.4 is 20.5 Å². The summed E-state index contributed by atoms with van der Waals surface area (Å²) in [6.07, 6.45) is 5.40. The Morgan fingerprint density at radius 3 is 2.92 bits per heavy atom. The predicted molar refractivity (Wildman–Crippen MR) is 147 cm³/mol. The summed E-state index contributed by atoms with van der Waals surface area (Å²) in [5.74, 6) is 2.47. The van der Waals surface area contributed by atoms with E-state index >= 15 is 0 Å². The van der Waals surface area contributed by atoms with E-state index in [1.807, 2.05) is 21.6 Å². The van der Waals surface area contributed by atoms with Crippen molar-refractivity contribution in [3.63, 3.8) is 0 Å². The number of hydrogen-bond donors (Lipinski definition) is 2. The number of nitrogens with zero attached hydrogens (tertiary/aromatic N) is 5. The van der Waals surface area contributed by atoms with Gasteiger partial charge >= 0.3 is 12.0 Å². The number of imidazole rings is 1. The minimum atomic E-state index is -0.271. The minimum Gasteiger partial charge on any atom is -0.469 e. The van der Waals surface area contributed by atoms with Crippen molar-refractivity contribution in [2.45, 2.75) is 48.7 Å². The van der Waals surface area contributed by atoms with Crippen LogP contribution in [0.5, 0.6) is 11.5 Å². The predicted octanol–water partition coefficient (Wildman–Crippen LogP) is 3.77. The van der Waals surface area contributed by atoms with Gasteiger partial charge in [0.25, 0.3) is 0 Å². The Balaban J connectivity index is 1.20. The van der Waals surface area contributed by atoms with Crippen LogP contribution in [0.15, 0.2) is 33.0 Å². The third-order valence-electron chi connectivity index (χ3n) is 6.75. The highest BCUT2D eigenvalue weighted by Crippen LogP contribution is 2.43. The number of nitrogen functional groups attached to an aromatic ring is 1. The lowest BCUT2D eigenvalue weighted by Crippen LogP contribution is -2.46. The van der Waals surface area contributed by atoms with Crippen molar-refractivity contribution >= 4 is 45.5 Å². The molecule has 1 atom stereocenters. The summed E-state index contributed by atoms with van der Waals surface area (Å²) in [7, 11) is 1.36. The first-order valence-corrected chi connectivity index (χ1v) is 14.4. The summed E-state index contributed by atoms with van der Waals surface area (Å²) in [5, 5.41) is 3.47. The van der Waals surface area contributed by atoms with Crippen LogP contribution in [0.25, 0.3) is 11.5 Å². The Kier molecular flexibility index (Phi) is 8.60. The number of piperidine rings is 1. The number of aryl methyl sites for hydroxylation is 1. The smallest absolute Gasteiger partial charge is 0.317 e. The molecule has 0 aromatic heterocycles. The van der Waals surface area contributed by atoms with Crippen molar-refractivity contribution < 1.29 is 23.8 Å². The van der Waals surface area contributed by atoms with Gasteiger partial charge in [-0.05, 0) is 71.4 Å². The third kappa shape index (κ3) is 6.49. The maximum absolute atomic E-state index is 12.6. The van der Waals surface area contributed by atoms with Crippen molar-refractivity contribution in [3.05, 3.63) is 22.9 Å². The van der Waals surface area contributed by atoms with E-state index in [0.717, 1.165) is 35.2 Å². The number of amides is 2. The number of halogens is 1. The van der Waals surface area contributed by atoms with E-state index in [2.05, 4.69) is 36.0 Å². The second-order valence-electron chi connectivity index (χ2n) is 9.39. The van der Waals surface area contributed by atoms with Gasteiger partial charge in [-0.1, -0.05) is 0 Å². The molecular weight excluding hydrogens is 590 g/mol. The molecule has 14 heteroatoms. The molecule has 0 radical (unpaired) electrons. The van der Waals surface area contributed by atoms with Crippen LogP contribution in [0.1, 0.15) is 32.1 Å². The lowest BCUT2D eigenvalue weighted by molar-refractivity contribution is -0.140. The molecule has 4 heterocycles. The van der Waals surface area contributed by atoms with E-state index in [4.69, 9.17) is 20.2 Å². The van der Waals surface area contributed by atoms with Crippen molar-refractivity contribution in [2.75, 3.05) is 39.3 Å². The molecule has 4 aliphatic rings. The number of rotatable bonds is 9. The number of nitrogens with one attached hydrogen (secondary N) is 1. The van der Waals surface area contributed by atoms with Crippen LogP contribution in [0.2, 0.25) is 0 Å². The average Bonchev–Trinajstić information content (AvgIpc) is 3.58. The summed E-state index contributed by atoms with van der Waals surface area (Å²) in [6, 6.07) is 3.68. The molecule has 0 bridgehead atoms. The summed E-state index contributed by atoms with van der Waals surface area (Å²) in [5.41, 5.74) is 6.71. The van der Waals surface area contributed by atoms with Gasteiger partial charge < -0.3 is 34.7 Å². The zero-order valence-corrected chi connectivity index (χ0v) is 23.9. The average molecular weight is 621 g/mol. The monoisotopic (exact) mass is 619 g/mol. The molecule has 3 N–H and O–H groups in total. The molecule has 1 fully saturated rings. The van der Waals surface area contributed by atoms with Gasteiger partial charge in [0.2, 0.25) is 6.79 Å². The number of hydrogen-bond acceptors (Lipinski definition) is 10. The third-order valence-corrected chi connectivity index (χ3v) is 8.59. The SMILES string of the molecule is COC(=O)CCCNC(=O)N1CCCC(CCn2cnc(N)c3nc(Sc4cc5c(cc4Br)OCO5)nc2-3)C1. The maximum atomic E-state index is 12.6. The maximum Gasteiger partial charge on any atom is 0.317 e. The molecule has 4 aliphatic heterocycles. The van der Waals surface area contributed by atoms with Gasteiger partial charge in [0.05, 0.1) is 13.4 Å². The number of carbonyl (C=O) groups is 2. The fourth-order valence-electron chi connectivity index (χ4n) is 4.67. The normalized spacial score (nSPS) is 16.5. The number of benzene rings is 1. The molecule has 2 amide bonds. The molecule has 39 heavy (non-hydrogen) atoms. The van der Waals surface area contributed by atoms with Crippen molar-refractivity contribution in [2.24, 2.45) is 5.92 Å². The topological polar surface area (TPSA) is 147 Å². The van der Waals surface area contributed by atoms with E-state index in [9.17, 15) is 9.59 Å². The number of likely N-dealkylation sites (tertiary alicyclic amines) is 1. The first-order chi connectivity index (χ1) is 18.9. The van der Waals surface area contributed by atoms with Crippen molar-refractivity contribution in [1.29, 1.82) is 0 Å². The number of methoxy groups -OCH3 is 1. The molecule has 1 aromatic rings. The van der Waals surface area contributed by atoms with Gasteiger partial charge in [-0.15, -0.1) is 0 Å².